The van der Waals surface area contributed by atoms with Gasteiger partial charge in [0.2, 0.25) is 0 Å². The Balaban J connectivity index is 2.84. The van der Waals surface area contributed by atoms with Crippen molar-refractivity contribution in [2.75, 3.05) is 39.6 Å². The Kier molecular flexibility index (Phi) is 11.1. The van der Waals surface area contributed by atoms with Crippen LogP contribution in [0.15, 0.2) is 0 Å². The van der Waals surface area contributed by atoms with Gasteiger partial charge in [-0.1, -0.05) is 0 Å². The number of thiol groups is 2. The first-order valence-corrected chi connectivity index (χ1v) is 5.40. The molecule has 0 atom stereocenters. The van der Waals surface area contributed by atoms with E-state index in [4.69, 9.17) is 14.2 Å². The van der Waals surface area contributed by atoms with Crippen LogP contribution in [0.4, 0.5) is 0 Å². The molecule has 0 amide bonds. The minimum atomic E-state index is -0.0107. The van der Waals surface area contributed by atoms with E-state index in [2.05, 4.69) is 25.3 Å². The molecule has 0 rings (SSSR count). The smallest absolute Gasteiger partial charge is 0.0701 e. The molecule has 0 aromatic rings. The summed E-state index contributed by atoms with van der Waals surface area (Å²) >= 11 is 8.10. The molecular weight excluding hydrogens is 208 g/mol. The lowest BCUT2D eigenvalue weighted by molar-refractivity contribution is 0.0193. The minimum Gasteiger partial charge on any atom is -0.379 e. The van der Waals surface area contributed by atoms with Crippen molar-refractivity contribution in [1.29, 1.82) is 0 Å². The summed E-state index contributed by atoms with van der Waals surface area (Å²) in [6.07, 6.45) is 0. The van der Waals surface area contributed by atoms with Crippen LogP contribution in [0, 0.1) is 0 Å². The fraction of sp³-hybridized carbons (Fsp3) is 1.00. The van der Waals surface area contributed by atoms with Gasteiger partial charge >= 0.3 is 0 Å². The maximum atomic E-state index is 5.22. The van der Waals surface area contributed by atoms with Gasteiger partial charge in [0.05, 0.1) is 37.6 Å². The summed E-state index contributed by atoms with van der Waals surface area (Å²) in [7, 11) is 0. The molecule has 5 heteroatoms. The Labute approximate surface area is 90.9 Å². The van der Waals surface area contributed by atoms with Crippen molar-refractivity contribution in [3.05, 3.63) is 0 Å². The third kappa shape index (κ3) is 12.6. The molecule has 0 aliphatic rings. The van der Waals surface area contributed by atoms with Crippen LogP contribution in [-0.2, 0) is 14.2 Å². The lowest BCUT2D eigenvalue weighted by Gasteiger charge is -2.06. The second kappa shape index (κ2) is 10.7. The summed E-state index contributed by atoms with van der Waals surface area (Å²) in [5.74, 6) is 0. The zero-order chi connectivity index (χ0) is 9.94. The molecule has 0 N–H and O–H groups in total. The van der Waals surface area contributed by atoms with Gasteiger partial charge in [0, 0.05) is 6.61 Å². The molecule has 0 saturated heterocycles. The van der Waals surface area contributed by atoms with Gasteiger partial charge < -0.3 is 14.2 Å². The van der Waals surface area contributed by atoms with Gasteiger partial charge in [-0.15, -0.1) is 0 Å². The first-order chi connectivity index (χ1) is 6.27. The lowest BCUT2D eigenvalue weighted by Crippen LogP contribution is -2.11. The van der Waals surface area contributed by atoms with Crippen molar-refractivity contribution >= 4 is 25.3 Å². The molecular formula is C8H18O3S2. The van der Waals surface area contributed by atoms with Crippen molar-refractivity contribution in [1.82, 2.24) is 0 Å². The normalized spacial score (nSPS) is 11.1. The first kappa shape index (κ1) is 13.6. The SMILES string of the molecule is CCOCCOCCOCC(S)S. The number of rotatable bonds is 9. The van der Waals surface area contributed by atoms with Crippen LogP contribution in [0.3, 0.4) is 0 Å². The Morgan fingerprint density at radius 2 is 1.46 bits per heavy atom. The summed E-state index contributed by atoms with van der Waals surface area (Å²) in [6, 6.07) is 0. The molecule has 0 radical (unpaired) electrons. The van der Waals surface area contributed by atoms with Gasteiger partial charge in [0.25, 0.3) is 0 Å². The van der Waals surface area contributed by atoms with Crippen molar-refractivity contribution < 1.29 is 14.2 Å². The lowest BCUT2D eigenvalue weighted by atomic mass is 10.7. The summed E-state index contributed by atoms with van der Waals surface area (Å²) in [5, 5.41) is 0. The van der Waals surface area contributed by atoms with Crippen molar-refractivity contribution in [3.8, 4) is 0 Å². The third-order valence-corrected chi connectivity index (χ3v) is 1.51. The zero-order valence-electron chi connectivity index (χ0n) is 7.94. The van der Waals surface area contributed by atoms with E-state index in [1.165, 1.54) is 0 Å². The number of hydrogen-bond acceptors (Lipinski definition) is 5. The van der Waals surface area contributed by atoms with E-state index in [0.29, 0.717) is 33.0 Å². The Morgan fingerprint density at radius 3 is 2.00 bits per heavy atom. The molecule has 0 aromatic carbocycles. The van der Waals surface area contributed by atoms with Crippen LogP contribution in [0.2, 0.25) is 0 Å². The summed E-state index contributed by atoms with van der Waals surface area (Å²) in [5.41, 5.74) is 0. The van der Waals surface area contributed by atoms with Gasteiger partial charge in [-0.05, 0) is 6.92 Å². The quantitative estimate of drug-likeness (QED) is 0.352. The van der Waals surface area contributed by atoms with E-state index in [0.717, 1.165) is 6.61 Å². The topological polar surface area (TPSA) is 27.7 Å². The van der Waals surface area contributed by atoms with Gasteiger partial charge in [-0.2, -0.15) is 25.3 Å². The molecule has 0 unspecified atom stereocenters. The molecule has 0 spiro atoms. The number of ether oxygens (including phenoxy) is 3. The number of hydrogen-bond donors (Lipinski definition) is 2. The van der Waals surface area contributed by atoms with E-state index >= 15 is 0 Å². The van der Waals surface area contributed by atoms with Crippen LogP contribution >= 0.6 is 25.3 Å². The fourth-order valence-corrected chi connectivity index (χ4v) is 0.882. The van der Waals surface area contributed by atoms with Gasteiger partial charge in [-0.3, -0.25) is 0 Å². The minimum absolute atomic E-state index is 0.0107. The highest BCUT2D eigenvalue weighted by atomic mass is 32.2. The third-order valence-electron chi connectivity index (χ3n) is 1.22. The highest BCUT2D eigenvalue weighted by Crippen LogP contribution is 1.99. The van der Waals surface area contributed by atoms with E-state index in [1.54, 1.807) is 0 Å². The summed E-state index contributed by atoms with van der Waals surface area (Å²) in [6.45, 7) is 5.70. The fourth-order valence-electron chi connectivity index (χ4n) is 0.671. The van der Waals surface area contributed by atoms with Crippen molar-refractivity contribution in [3.63, 3.8) is 0 Å². The van der Waals surface area contributed by atoms with Crippen LogP contribution in [0.25, 0.3) is 0 Å². The molecule has 0 saturated carbocycles. The molecule has 0 aliphatic carbocycles. The summed E-state index contributed by atoms with van der Waals surface area (Å²) in [4.78, 5) is 0. The molecule has 0 fully saturated rings. The molecule has 80 valence electrons. The van der Waals surface area contributed by atoms with Gasteiger partial charge in [0.1, 0.15) is 0 Å². The van der Waals surface area contributed by atoms with Crippen LogP contribution in [-0.4, -0.2) is 44.2 Å². The highest BCUT2D eigenvalue weighted by Gasteiger charge is 1.94. The standard InChI is InChI=1S/C8H18O3S2/c1-2-9-3-4-10-5-6-11-7-8(12)13/h8,12-13H,2-7H2,1H3. The van der Waals surface area contributed by atoms with Crippen molar-refractivity contribution in [2.45, 2.75) is 11.5 Å². The zero-order valence-corrected chi connectivity index (χ0v) is 9.73. The van der Waals surface area contributed by atoms with Crippen LogP contribution in [0.5, 0.6) is 0 Å². The average Bonchev–Trinajstić information content (AvgIpc) is 2.09. The predicted octanol–water partition coefficient (Wildman–Crippen LogP) is 1.24. The monoisotopic (exact) mass is 226 g/mol. The Morgan fingerprint density at radius 1 is 0.923 bits per heavy atom. The Hall–Kier alpha value is 0.580. The predicted molar refractivity (Wildman–Crippen MR) is 59.9 cm³/mol. The molecule has 0 aromatic heterocycles. The maximum absolute atomic E-state index is 5.22. The average molecular weight is 226 g/mol. The van der Waals surface area contributed by atoms with Crippen molar-refractivity contribution in [2.24, 2.45) is 0 Å². The van der Waals surface area contributed by atoms with E-state index < -0.39 is 0 Å². The summed E-state index contributed by atoms with van der Waals surface area (Å²) < 4.78 is 15.5. The van der Waals surface area contributed by atoms with Crippen LogP contribution in [0.1, 0.15) is 6.92 Å². The first-order valence-electron chi connectivity index (χ1n) is 4.36. The highest BCUT2D eigenvalue weighted by molar-refractivity contribution is 7.99. The van der Waals surface area contributed by atoms with Crippen LogP contribution < -0.4 is 0 Å². The van der Waals surface area contributed by atoms with Gasteiger partial charge in [-0.25, -0.2) is 0 Å². The molecule has 0 heterocycles. The largest absolute Gasteiger partial charge is 0.379 e. The van der Waals surface area contributed by atoms with E-state index in [1.807, 2.05) is 6.92 Å². The maximum Gasteiger partial charge on any atom is 0.0701 e. The molecule has 0 aliphatic heterocycles. The van der Waals surface area contributed by atoms with E-state index in [9.17, 15) is 0 Å². The molecule has 3 nitrogen and oxygen atoms in total. The van der Waals surface area contributed by atoms with Gasteiger partial charge in [0.15, 0.2) is 0 Å². The second-order valence-corrected chi connectivity index (χ2v) is 4.02. The molecule has 0 bridgehead atoms. The Bertz CT molecular complexity index is 101. The van der Waals surface area contributed by atoms with E-state index in [-0.39, 0.29) is 4.58 Å². The molecule has 13 heavy (non-hydrogen) atoms. The second-order valence-electron chi connectivity index (χ2n) is 2.36.